The van der Waals surface area contributed by atoms with Crippen LogP contribution < -0.4 is 14.8 Å². The largest absolute Gasteiger partial charge is 0.326 e. The third kappa shape index (κ3) is 6.02. The summed E-state index contributed by atoms with van der Waals surface area (Å²) in [7, 11) is -7.84. The van der Waals surface area contributed by atoms with Crippen molar-refractivity contribution in [2.75, 3.05) is 14.8 Å². The number of thiazole rings is 1. The fourth-order valence-electron chi connectivity index (χ4n) is 3.15. The van der Waals surface area contributed by atoms with Crippen molar-refractivity contribution in [1.82, 2.24) is 4.98 Å². The molecule has 36 heavy (non-hydrogen) atoms. The number of sulfonamides is 2. The van der Waals surface area contributed by atoms with E-state index in [1.165, 1.54) is 55.5 Å². The molecule has 0 unspecified atom stereocenters. The summed E-state index contributed by atoms with van der Waals surface area (Å²) in [5, 5.41) is 4.70. The number of nitrogens with one attached hydrogen (secondary N) is 3. The molecule has 0 fully saturated rings. The summed E-state index contributed by atoms with van der Waals surface area (Å²) < 4.78 is 56.2. The number of amides is 1. The molecule has 0 saturated heterocycles. The predicted molar refractivity (Wildman–Crippen MR) is 141 cm³/mol. The van der Waals surface area contributed by atoms with Gasteiger partial charge in [-0.15, -0.1) is 11.3 Å². The number of halogens is 1. The average molecular weight is 563 g/mol. The first-order chi connectivity index (χ1) is 17.0. The second-order valence-corrected chi connectivity index (χ2v) is 12.1. The van der Waals surface area contributed by atoms with Gasteiger partial charge in [-0.05, 0) is 54.6 Å². The molecule has 186 valence electrons. The molecule has 0 aliphatic heterocycles. The van der Waals surface area contributed by atoms with Gasteiger partial charge in [0.2, 0.25) is 5.91 Å². The van der Waals surface area contributed by atoms with Crippen molar-refractivity contribution in [2.24, 2.45) is 0 Å². The van der Waals surface area contributed by atoms with Crippen LogP contribution >= 0.6 is 22.9 Å². The van der Waals surface area contributed by atoms with Crippen molar-refractivity contribution in [3.8, 4) is 11.3 Å². The molecule has 0 atom stereocenters. The molecule has 0 bridgehead atoms. The standard InChI is InChI=1S/C23H19ClN4O5S3/c1-15(29)25-17-8-12-19(13-9-17)36(32,33)28-23-26-22(14-34-23)20-4-2-3-5-21(20)27-35(30,31)18-10-6-16(24)7-11-18/h2-14,27H,1H3,(H,25,29)(H,26,28). The van der Waals surface area contributed by atoms with Crippen molar-refractivity contribution in [2.45, 2.75) is 16.7 Å². The van der Waals surface area contributed by atoms with E-state index in [4.69, 9.17) is 11.6 Å². The van der Waals surface area contributed by atoms with Gasteiger partial charge < -0.3 is 5.32 Å². The van der Waals surface area contributed by atoms with Crippen molar-refractivity contribution in [3.05, 3.63) is 83.2 Å². The van der Waals surface area contributed by atoms with Crippen LogP contribution in [-0.4, -0.2) is 27.7 Å². The lowest BCUT2D eigenvalue weighted by atomic mass is 10.1. The van der Waals surface area contributed by atoms with Crippen LogP contribution in [0.4, 0.5) is 16.5 Å². The molecule has 3 N–H and O–H groups in total. The Morgan fingerprint density at radius 3 is 2.06 bits per heavy atom. The highest BCUT2D eigenvalue weighted by molar-refractivity contribution is 7.93. The molecule has 1 heterocycles. The van der Waals surface area contributed by atoms with Gasteiger partial charge in [-0.3, -0.25) is 14.2 Å². The van der Waals surface area contributed by atoms with Crippen molar-refractivity contribution in [1.29, 1.82) is 0 Å². The van der Waals surface area contributed by atoms with Crippen LogP contribution in [0.1, 0.15) is 6.92 Å². The Morgan fingerprint density at radius 2 is 1.42 bits per heavy atom. The number of aromatic nitrogens is 1. The molecular formula is C23H19ClN4O5S3. The summed E-state index contributed by atoms with van der Waals surface area (Å²) >= 11 is 6.91. The fraction of sp³-hybridized carbons (Fsp3) is 0.0435. The summed E-state index contributed by atoms with van der Waals surface area (Å²) in [5.74, 6) is -0.269. The highest BCUT2D eigenvalue weighted by Crippen LogP contribution is 2.33. The van der Waals surface area contributed by atoms with E-state index in [0.717, 1.165) is 11.3 Å². The number of anilines is 3. The molecule has 3 aromatic carbocycles. The highest BCUT2D eigenvalue weighted by Gasteiger charge is 2.20. The lowest BCUT2D eigenvalue weighted by Crippen LogP contribution is -2.14. The molecule has 1 aromatic heterocycles. The summed E-state index contributed by atoms with van der Waals surface area (Å²) in [6.07, 6.45) is 0. The predicted octanol–water partition coefficient (Wildman–Crippen LogP) is 5.02. The zero-order chi connectivity index (χ0) is 25.9. The Bertz CT molecular complexity index is 1620. The highest BCUT2D eigenvalue weighted by atomic mass is 35.5. The van der Waals surface area contributed by atoms with Crippen LogP contribution in [0.15, 0.2) is 88.0 Å². The smallest absolute Gasteiger partial charge is 0.263 e. The van der Waals surface area contributed by atoms with Gasteiger partial charge in [-0.2, -0.15) is 0 Å². The van der Waals surface area contributed by atoms with E-state index in [1.54, 1.807) is 29.6 Å². The van der Waals surface area contributed by atoms with Crippen LogP contribution in [0.2, 0.25) is 5.02 Å². The molecule has 0 aliphatic carbocycles. The van der Waals surface area contributed by atoms with Crippen LogP contribution in [-0.2, 0) is 24.8 Å². The monoisotopic (exact) mass is 562 g/mol. The molecule has 0 aliphatic rings. The molecule has 4 aromatic rings. The molecule has 0 spiro atoms. The topological polar surface area (TPSA) is 134 Å². The summed E-state index contributed by atoms with van der Waals surface area (Å²) in [6, 6.07) is 18.1. The first-order valence-electron chi connectivity index (χ1n) is 10.3. The zero-order valence-electron chi connectivity index (χ0n) is 18.6. The van der Waals surface area contributed by atoms with Crippen LogP contribution in [0.25, 0.3) is 11.3 Å². The van der Waals surface area contributed by atoms with E-state index in [0.29, 0.717) is 22.0 Å². The number of nitrogens with zero attached hydrogens (tertiary/aromatic N) is 1. The third-order valence-corrected chi connectivity index (χ3v) is 8.66. The Kier molecular flexibility index (Phi) is 7.31. The fourth-order valence-corrected chi connectivity index (χ4v) is 6.32. The number of para-hydroxylation sites is 1. The van der Waals surface area contributed by atoms with Gasteiger partial charge >= 0.3 is 0 Å². The van der Waals surface area contributed by atoms with Crippen LogP contribution in [0.3, 0.4) is 0 Å². The van der Waals surface area contributed by atoms with Gasteiger partial charge in [-0.25, -0.2) is 21.8 Å². The Labute approximate surface area is 217 Å². The molecule has 0 radical (unpaired) electrons. The Balaban J connectivity index is 1.56. The molecule has 9 nitrogen and oxygen atoms in total. The van der Waals surface area contributed by atoms with E-state index in [2.05, 4.69) is 19.7 Å². The maximum atomic E-state index is 12.8. The average Bonchev–Trinajstić information content (AvgIpc) is 3.27. The first-order valence-corrected chi connectivity index (χ1v) is 14.5. The lowest BCUT2D eigenvalue weighted by Gasteiger charge is -2.11. The normalized spacial score (nSPS) is 11.6. The van der Waals surface area contributed by atoms with Gasteiger partial charge in [0.25, 0.3) is 20.0 Å². The van der Waals surface area contributed by atoms with Crippen molar-refractivity contribution < 1.29 is 21.6 Å². The first kappa shape index (κ1) is 25.6. The summed E-state index contributed by atoms with van der Waals surface area (Å²) in [6.45, 7) is 1.35. The Hall–Kier alpha value is -3.45. The number of benzene rings is 3. The van der Waals surface area contributed by atoms with Gasteiger partial charge in [0.1, 0.15) is 0 Å². The molecule has 13 heteroatoms. The van der Waals surface area contributed by atoms with Gasteiger partial charge in [0, 0.05) is 28.6 Å². The van der Waals surface area contributed by atoms with Crippen LogP contribution in [0.5, 0.6) is 0 Å². The molecule has 0 saturated carbocycles. The number of carbonyl (C=O) groups is 1. The van der Waals surface area contributed by atoms with Crippen molar-refractivity contribution >= 4 is 65.4 Å². The van der Waals surface area contributed by atoms with E-state index >= 15 is 0 Å². The number of carbonyl (C=O) groups excluding carboxylic acids is 1. The minimum atomic E-state index is -3.94. The van der Waals surface area contributed by atoms with Gasteiger partial charge in [0.05, 0.1) is 21.2 Å². The minimum absolute atomic E-state index is 0.00974. The van der Waals surface area contributed by atoms with Crippen LogP contribution in [0, 0.1) is 0 Å². The Morgan fingerprint density at radius 1 is 0.833 bits per heavy atom. The minimum Gasteiger partial charge on any atom is -0.326 e. The quantitative estimate of drug-likeness (QED) is 0.276. The summed E-state index contributed by atoms with van der Waals surface area (Å²) in [4.78, 5) is 15.5. The molecular weight excluding hydrogens is 544 g/mol. The maximum Gasteiger partial charge on any atom is 0.263 e. The maximum absolute atomic E-state index is 12.8. The zero-order valence-corrected chi connectivity index (χ0v) is 21.8. The van der Waals surface area contributed by atoms with E-state index in [1.807, 2.05) is 0 Å². The SMILES string of the molecule is CC(=O)Nc1ccc(S(=O)(=O)Nc2nc(-c3ccccc3NS(=O)(=O)c3ccc(Cl)cc3)cs2)cc1. The molecule has 4 rings (SSSR count). The molecule has 1 amide bonds. The van der Waals surface area contributed by atoms with E-state index < -0.39 is 20.0 Å². The second-order valence-electron chi connectivity index (χ2n) is 7.45. The lowest BCUT2D eigenvalue weighted by molar-refractivity contribution is -0.114. The number of hydrogen-bond acceptors (Lipinski definition) is 7. The van der Waals surface area contributed by atoms with Gasteiger partial charge in [-0.1, -0.05) is 29.8 Å². The third-order valence-electron chi connectivity index (χ3n) is 4.78. The van der Waals surface area contributed by atoms with Crippen molar-refractivity contribution in [3.63, 3.8) is 0 Å². The van der Waals surface area contributed by atoms with E-state index in [-0.39, 0.29) is 26.5 Å². The number of rotatable bonds is 8. The summed E-state index contributed by atoms with van der Waals surface area (Å²) in [5.41, 5.74) is 1.60. The second kappa shape index (κ2) is 10.3. The van der Waals surface area contributed by atoms with Gasteiger partial charge in [0.15, 0.2) is 5.13 Å². The number of hydrogen-bond donors (Lipinski definition) is 3. The van der Waals surface area contributed by atoms with E-state index in [9.17, 15) is 21.6 Å².